The molecule has 0 heterocycles. The monoisotopic (exact) mass is 234 g/mol. The normalized spacial score (nSPS) is 12.2. The number of carbonyl (C=O) groups excluding carboxylic acids is 1. The van der Waals surface area contributed by atoms with Crippen molar-refractivity contribution in [2.24, 2.45) is 0 Å². The molecule has 0 aliphatic rings. The van der Waals surface area contributed by atoms with Crippen molar-refractivity contribution in [3.05, 3.63) is 28.8 Å². The molecule has 1 rings (SSSR count). The van der Waals surface area contributed by atoms with Crippen LogP contribution in [0.2, 0.25) is 5.02 Å². The number of rotatable bonds is 2. The molecule has 0 bridgehead atoms. The predicted octanol–water partition coefficient (Wildman–Crippen LogP) is 1.71. The van der Waals surface area contributed by atoms with Crippen molar-refractivity contribution in [1.82, 2.24) is 0 Å². The van der Waals surface area contributed by atoms with Gasteiger partial charge in [0.15, 0.2) is 11.1 Å². The molecule has 0 aliphatic carbocycles. The fourth-order valence-electron chi connectivity index (χ4n) is 0.880. The average Bonchev–Trinajstić information content (AvgIpc) is 2.16. The summed E-state index contributed by atoms with van der Waals surface area (Å²) in [5.41, 5.74) is 0.170. The molecule has 1 aromatic rings. The third-order valence-corrected chi connectivity index (χ3v) is 2.52. The number of benzene rings is 1. The molecule has 1 N–H and O–H groups in total. The Morgan fingerprint density at radius 2 is 2.21 bits per heavy atom. The van der Waals surface area contributed by atoms with E-state index in [4.69, 9.17) is 16.2 Å². The maximum absolute atomic E-state index is 11.1. The minimum Gasteiger partial charge on any atom is -0.465 e. The topological polar surface area (TPSA) is 63.6 Å². The van der Waals surface area contributed by atoms with E-state index in [2.05, 4.69) is 4.74 Å². The molecular weight excluding hydrogens is 228 g/mol. The summed E-state index contributed by atoms with van der Waals surface area (Å²) in [7, 11) is 1.23. The maximum Gasteiger partial charge on any atom is 0.339 e. The Morgan fingerprint density at radius 1 is 1.57 bits per heavy atom. The van der Waals surface area contributed by atoms with Crippen molar-refractivity contribution in [2.45, 2.75) is 4.90 Å². The Morgan fingerprint density at radius 3 is 2.64 bits per heavy atom. The molecule has 0 radical (unpaired) electrons. The lowest BCUT2D eigenvalue weighted by Crippen LogP contribution is -2.02. The molecule has 1 aromatic carbocycles. The zero-order valence-corrected chi connectivity index (χ0v) is 8.76. The summed E-state index contributed by atoms with van der Waals surface area (Å²) in [6, 6.07) is 3.94. The van der Waals surface area contributed by atoms with Gasteiger partial charge < -0.3 is 9.29 Å². The summed E-state index contributed by atoms with van der Waals surface area (Å²) in [6.45, 7) is 0. The molecule has 0 aromatic heterocycles. The predicted molar refractivity (Wildman–Crippen MR) is 51.8 cm³/mol. The average molecular weight is 235 g/mol. The van der Waals surface area contributed by atoms with Crippen LogP contribution in [0.4, 0.5) is 0 Å². The van der Waals surface area contributed by atoms with E-state index in [-0.39, 0.29) is 15.5 Å². The van der Waals surface area contributed by atoms with E-state index in [1.165, 1.54) is 25.3 Å². The third-order valence-electron chi connectivity index (χ3n) is 1.55. The van der Waals surface area contributed by atoms with Gasteiger partial charge in [0.25, 0.3) is 0 Å². The maximum atomic E-state index is 11.1. The Kier molecular flexibility index (Phi) is 3.62. The van der Waals surface area contributed by atoms with Crippen LogP contribution in [0, 0.1) is 0 Å². The highest BCUT2D eigenvalue weighted by Crippen LogP contribution is 2.20. The number of hydrogen-bond acceptors (Lipinski definition) is 3. The van der Waals surface area contributed by atoms with Crippen molar-refractivity contribution in [2.75, 3.05) is 7.11 Å². The van der Waals surface area contributed by atoms with E-state index in [0.717, 1.165) is 0 Å². The van der Waals surface area contributed by atoms with Crippen molar-refractivity contribution in [1.29, 1.82) is 0 Å². The van der Waals surface area contributed by atoms with Gasteiger partial charge in [-0.2, -0.15) is 0 Å². The third kappa shape index (κ3) is 2.31. The lowest BCUT2D eigenvalue weighted by Gasteiger charge is -2.02. The Balaban J connectivity index is 3.14. The number of methoxy groups -OCH3 is 1. The van der Waals surface area contributed by atoms with Gasteiger partial charge in [-0.15, -0.1) is 0 Å². The molecule has 0 saturated heterocycles. The van der Waals surface area contributed by atoms with Crippen molar-refractivity contribution in [3.8, 4) is 0 Å². The summed E-state index contributed by atoms with van der Waals surface area (Å²) in [6.07, 6.45) is 0. The number of hydrogen-bond donors (Lipinski definition) is 1. The van der Waals surface area contributed by atoms with Crippen LogP contribution >= 0.6 is 11.6 Å². The molecule has 14 heavy (non-hydrogen) atoms. The number of ether oxygens (including phenoxy) is 1. The minimum atomic E-state index is -2.10. The molecule has 0 aliphatic heterocycles. The standard InChI is InChI=1S/C8H7ClO4S/c1-13-8(10)6-3-2-5(14(11)12)4-7(6)9/h2-4H,1H3,(H,11,12). The highest BCUT2D eigenvalue weighted by atomic mass is 35.5. The second kappa shape index (κ2) is 4.54. The van der Waals surface area contributed by atoms with E-state index in [9.17, 15) is 9.00 Å². The molecule has 1 atom stereocenters. The lowest BCUT2D eigenvalue weighted by molar-refractivity contribution is 0.0601. The Hall–Kier alpha value is -0.910. The highest BCUT2D eigenvalue weighted by Gasteiger charge is 2.12. The van der Waals surface area contributed by atoms with Gasteiger partial charge in [0, 0.05) is 0 Å². The van der Waals surface area contributed by atoms with Crippen molar-refractivity contribution < 1.29 is 18.3 Å². The molecular formula is C8H7ClO4S. The van der Waals surface area contributed by atoms with E-state index < -0.39 is 17.0 Å². The highest BCUT2D eigenvalue weighted by molar-refractivity contribution is 7.79. The van der Waals surface area contributed by atoms with E-state index in [1.54, 1.807) is 0 Å². The van der Waals surface area contributed by atoms with Gasteiger partial charge in [0.05, 0.1) is 22.6 Å². The lowest BCUT2D eigenvalue weighted by atomic mass is 10.2. The SMILES string of the molecule is COC(=O)c1ccc(S(=O)O)cc1Cl. The first kappa shape index (κ1) is 11.2. The largest absolute Gasteiger partial charge is 0.465 e. The minimum absolute atomic E-state index is 0.0942. The number of esters is 1. The number of carbonyl (C=O) groups is 1. The van der Waals surface area contributed by atoms with Gasteiger partial charge in [-0.3, -0.25) is 0 Å². The molecule has 0 amide bonds. The first-order chi connectivity index (χ1) is 6.56. The summed E-state index contributed by atoms with van der Waals surface area (Å²) < 4.78 is 23.8. The second-order valence-electron chi connectivity index (χ2n) is 2.38. The van der Waals surface area contributed by atoms with Crippen LogP contribution in [0.15, 0.2) is 23.1 Å². The molecule has 0 saturated carbocycles. The summed E-state index contributed by atoms with van der Waals surface area (Å²) in [5.74, 6) is -0.578. The zero-order chi connectivity index (χ0) is 10.7. The zero-order valence-electron chi connectivity index (χ0n) is 7.19. The number of halogens is 1. The van der Waals surface area contributed by atoms with Gasteiger partial charge >= 0.3 is 5.97 Å². The van der Waals surface area contributed by atoms with Crippen LogP contribution in [0.25, 0.3) is 0 Å². The van der Waals surface area contributed by atoms with Gasteiger partial charge in [0.2, 0.25) is 0 Å². The second-order valence-corrected chi connectivity index (χ2v) is 3.76. The summed E-state index contributed by atoms with van der Waals surface area (Å²) >= 11 is 3.60. The smallest absolute Gasteiger partial charge is 0.339 e. The quantitative estimate of drug-likeness (QED) is 0.625. The summed E-state index contributed by atoms with van der Waals surface area (Å²) in [5, 5.41) is 0.0942. The van der Waals surface area contributed by atoms with Gasteiger partial charge in [-0.05, 0) is 18.2 Å². The fourth-order valence-corrected chi connectivity index (χ4v) is 1.61. The molecule has 0 fully saturated rings. The van der Waals surface area contributed by atoms with Crippen LogP contribution in [0.5, 0.6) is 0 Å². The van der Waals surface area contributed by atoms with Crippen LogP contribution < -0.4 is 0 Å². The Bertz CT molecular complexity index is 391. The molecule has 6 heteroatoms. The van der Waals surface area contributed by atoms with E-state index in [1.807, 2.05) is 0 Å². The molecule has 1 unspecified atom stereocenters. The van der Waals surface area contributed by atoms with Gasteiger partial charge in [0.1, 0.15) is 0 Å². The van der Waals surface area contributed by atoms with Crippen molar-refractivity contribution >= 4 is 28.7 Å². The van der Waals surface area contributed by atoms with Crippen LogP contribution in [-0.4, -0.2) is 21.8 Å². The first-order valence-electron chi connectivity index (χ1n) is 3.55. The van der Waals surface area contributed by atoms with Crippen LogP contribution in [0.3, 0.4) is 0 Å². The first-order valence-corrected chi connectivity index (χ1v) is 5.03. The molecule has 0 spiro atoms. The molecule has 76 valence electrons. The van der Waals surface area contributed by atoms with Crippen LogP contribution in [0.1, 0.15) is 10.4 Å². The summed E-state index contributed by atoms with van der Waals surface area (Å²) in [4.78, 5) is 11.2. The van der Waals surface area contributed by atoms with Crippen molar-refractivity contribution in [3.63, 3.8) is 0 Å². The molecule has 4 nitrogen and oxygen atoms in total. The van der Waals surface area contributed by atoms with Gasteiger partial charge in [-0.1, -0.05) is 11.6 Å². The van der Waals surface area contributed by atoms with E-state index in [0.29, 0.717) is 0 Å². The Labute approximate surface area is 88.1 Å². The van der Waals surface area contributed by atoms with Crippen LogP contribution in [-0.2, 0) is 15.8 Å². The fraction of sp³-hybridized carbons (Fsp3) is 0.125. The van der Waals surface area contributed by atoms with Gasteiger partial charge in [-0.25, -0.2) is 9.00 Å². The van der Waals surface area contributed by atoms with E-state index >= 15 is 0 Å².